The van der Waals surface area contributed by atoms with Gasteiger partial charge in [-0.05, 0) is 65.0 Å². The van der Waals surface area contributed by atoms with Gasteiger partial charge in [0, 0.05) is 67.5 Å². The van der Waals surface area contributed by atoms with Crippen LogP contribution >= 0.6 is 22.7 Å². The Kier molecular flexibility index (Phi) is 21.0. The number of fused-ring (bicyclic) bond motifs is 1. The summed E-state index contributed by atoms with van der Waals surface area (Å²) in [6.45, 7) is 8.44. The van der Waals surface area contributed by atoms with Crippen LogP contribution in [-0.2, 0) is 51.2 Å². The molecule has 418 valence electrons. The zero-order chi connectivity index (χ0) is 55.7. The first-order chi connectivity index (χ1) is 38.4. The van der Waals surface area contributed by atoms with E-state index in [1.54, 1.807) is 41.0 Å². The summed E-state index contributed by atoms with van der Waals surface area (Å²) < 4.78 is 59.1. The number of carbonyl (C=O) groups is 4. The number of aliphatic hydroxyl groups is 1. The van der Waals surface area contributed by atoms with Crippen molar-refractivity contribution in [2.45, 2.75) is 64.4 Å². The fraction of sp³-hybridized carbons (Fsp3) is 0.411. The molecule has 8 rings (SSSR count). The van der Waals surface area contributed by atoms with Gasteiger partial charge in [-0.3, -0.25) is 24.5 Å². The van der Waals surface area contributed by atoms with Crippen LogP contribution in [0.25, 0.3) is 10.4 Å². The van der Waals surface area contributed by atoms with Crippen LogP contribution in [-0.4, -0.2) is 146 Å². The molecule has 4 amide bonds. The van der Waals surface area contributed by atoms with E-state index in [1.165, 1.54) is 52.6 Å². The summed E-state index contributed by atoms with van der Waals surface area (Å²) in [7, 11) is 1.44. The molecule has 79 heavy (non-hydrogen) atoms. The highest BCUT2D eigenvalue weighted by atomic mass is 32.1. The van der Waals surface area contributed by atoms with Gasteiger partial charge in [-0.15, -0.1) is 22.7 Å². The highest BCUT2D eigenvalue weighted by Crippen LogP contribution is 2.38. The summed E-state index contributed by atoms with van der Waals surface area (Å²) in [5.74, 6) is 3.35. The van der Waals surface area contributed by atoms with E-state index in [0.29, 0.717) is 67.2 Å². The van der Waals surface area contributed by atoms with Crippen molar-refractivity contribution >= 4 is 51.4 Å². The quantitative estimate of drug-likeness (QED) is 0.0269. The minimum absolute atomic E-state index is 0.0226. The van der Waals surface area contributed by atoms with Crippen molar-refractivity contribution in [1.29, 1.82) is 0 Å². The molecular formula is C56H62FN7O13S2. The van der Waals surface area contributed by atoms with Gasteiger partial charge >= 0.3 is 0 Å². The predicted molar refractivity (Wildman–Crippen MR) is 289 cm³/mol. The maximum absolute atomic E-state index is 14.7. The molecule has 0 bridgehead atoms. The number of aliphatic hydroxyl groups excluding tert-OH is 1. The standard InChI is InChI=1S/C56H62FN7O13S2/c1-35(2)49(55(69)63-32-42(65)28-45(63)52(66)59-30-38-8-10-39(11-9-38)51-36(3)60-33-79-51)47-29-48(62-77-47)75-24-23-74-22-21-73-20-19-72-18-17-71-16-5-6-37-7-12-40-31-64(54(68)43(40)26-37)50(53(67)61-56-58-15-25-78-56)44-27-41(57)13-14-46(44)76-34-70-4/h7-15,25-27,29,33,35,42,45,49-50,65H,16-24,28,30-32,34H2,1-4H3,(H,59,66)(H,58,61,67)/t42-,45+,49?,50?/m1/s1. The maximum Gasteiger partial charge on any atom is 0.255 e. The van der Waals surface area contributed by atoms with Crippen molar-refractivity contribution in [3.8, 4) is 33.9 Å². The highest BCUT2D eigenvalue weighted by molar-refractivity contribution is 7.14. The topological polar surface area (TPSA) is 235 Å². The molecule has 0 radical (unpaired) electrons. The van der Waals surface area contributed by atoms with E-state index in [4.69, 9.17) is 37.7 Å². The number of nitrogens with one attached hydrogen (secondary N) is 2. The number of carbonyl (C=O) groups excluding carboxylic acids is 4. The molecule has 2 aliphatic heterocycles. The van der Waals surface area contributed by atoms with Gasteiger partial charge in [0.05, 0.1) is 68.4 Å². The summed E-state index contributed by atoms with van der Waals surface area (Å²) in [6, 6.07) is 16.4. The smallest absolute Gasteiger partial charge is 0.255 e. The number of methoxy groups -OCH3 is 1. The highest BCUT2D eigenvalue weighted by Gasteiger charge is 2.44. The molecule has 6 aromatic rings. The van der Waals surface area contributed by atoms with Crippen LogP contribution in [0.4, 0.5) is 9.52 Å². The summed E-state index contributed by atoms with van der Waals surface area (Å²) in [6.07, 6.45) is 0.814. The second-order valence-corrected chi connectivity index (χ2v) is 20.4. The average Bonchev–Trinajstić information content (AvgIpc) is 4.47. The van der Waals surface area contributed by atoms with Crippen molar-refractivity contribution in [2.75, 3.05) is 85.2 Å². The number of halogens is 1. The summed E-state index contributed by atoms with van der Waals surface area (Å²) in [5.41, 5.74) is 6.51. The number of anilines is 1. The maximum atomic E-state index is 14.7. The lowest BCUT2D eigenvalue weighted by Crippen LogP contribution is -2.48. The number of thiazole rings is 2. The number of aryl methyl sites for hydroxylation is 1. The number of amides is 4. The number of rotatable bonds is 28. The Balaban J connectivity index is 0.687. The molecule has 3 aromatic carbocycles. The molecule has 0 spiro atoms. The molecule has 23 heteroatoms. The molecule has 4 atom stereocenters. The number of ether oxygens (including phenoxy) is 7. The van der Waals surface area contributed by atoms with Crippen molar-refractivity contribution in [1.82, 2.24) is 30.2 Å². The van der Waals surface area contributed by atoms with Gasteiger partial charge in [-0.1, -0.05) is 56.0 Å². The Morgan fingerprint density at radius 3 is 2.35 bits per heavy atom. The summed E-state index contributed by atoms with van der Waals surface area (Å²) >= 11 is 2.78. The Bertz CT molecular complexity index is 3050. The van der Waals surface area contributed by atoms with Gasteiger partial charge in [0.15, 0.2) is 17.7 Å². The van der Waals surface area contributed by atoms with Gasteiger partial charge in [-0.2, -0.15) is 0 Å². The molecule has 2 aliphatic rings. The lowest BCUT2D eigenvalue weighted by molar-refractivity contribution is -0.141. The Morgan fingerprint density at radius 1 is 0.911 bits per heavy atom. The average molecular weight is 1120 g/mol. The van der Waals surface area contributed by atoms with Gasteiger partial charge in [0.1, 0.15) is 42.8 Å². The van der Waals surface area contributed by atoms with Crippen LogP contribution in [0.3, 0.4) is 0 Å². The first-order valence-electron chi connectivity index (χ1n) is 25.6. The van der Waals surface area contributed by atoms with Gasteiger partial charge in [-0.25, -0.2) is 14.4 Å². The SMILES string of the molecule is COCOc1ccc(F)cc1C(C(=O)Nc1nccs1)N1Cc2ccc(C#CCOCCOCCOCCOCCOc3cc(C(C(=O)N4C[C@H](O)C[C@H]4C(=O)NCc4ccc(-c5scnc5C)cc4)C(C)C)on3)cc2C1=O. The van der Waals surface area contributed by atoms with Crippen molar-refractivity contribution in [3.05, 3.63) is 129 Å². The number of hydrogen-bond donors (Lipinski definition) is 3. The van der Waals surface area contributed by atoms with Gasteiger partial charge in [0.25, 0.3) is 17.7 Å². The third kappa shape index (κ3) is 15.6. The van der Waals surface area contributed by atoms with E-state index in [2.05, 4.69) is 37.6 Å². The zero-order valence-corrected chi connectivity index (χ0v) is 45.8. The number of benzene rings is 3. The number of β-amino-alcohol motifs (C(OH)–C–C–N with tert-alkyl or cyclic N) is 1. The molecule has 3 N–H and O–H groups in total. The van der Waals surface area contributed by atoms with Crippen LogP contribution in [0.1, 0.15) is 76.3 Å². The molecule has 0 saturated carbocycles. The van der Waals surface area contributed by atoms with Gasteiger partial charge < -0.3 is 57.9 Å². The first kappa shape index (κ1) is 58.0. The van der Waals surface area contributed by atoms with E-state index in [0.717, 1.165) is 21.7 Å². The second kappa shape index (κ2) is 28.7. The van der Waals surface area contributed by atoms with Crippen molar-refractivity contribution in [2.24, 2.45) is 5.92 Å². The summed E-state index contributed by atoms with van der Waals surface area (Å²) in [5, 5.41) is 22.3. The molecule has 0 aliphatic carbocycles. The molecule has 1 fully saturated rings. The lowest BCUT2D eigenvalue weighted by Gasteiger charge is -2.28. The van der Waals surface area contributed by atoms with E-state index in [-0.39, 0.29) is 87.6 Å². The van der Waals surface area contributed by atoms with Crippen LogP contribution in [0, 0.1) is 30.5 Å². The largest absolute Gasteiger partial charge is 0.473 e. The zero-order valence-electron chi connectivity index (χ0n) is 44.1. The predicted octanol–water partition coefficient (Wildman–Crippen LogP) is 6.54. The third-order valence-electron chi connectivity index (χ3n) is 12.8. The Labute approximate surface area is 464 Å². The number of nitrogens with zero attached hydrogens (tertiary/aromatic N) is 5. The van der Waals surface area contributed by atoms with Crippen LogP contribution < -0.4 is 20.1 Å². The fourth-order valence-electron chi connectivity index (χ4n) is 9.00. The van der Waals surface area contributed by atoms with E-state index in [9.17, 15) is 28.7 Å². The third-order valence-corrected chi connectivity index (χ3v) is 14.5. The van der Waals surface area contributed by atoms with Gasteiger partial charge in [0.2, 0.25) is 11.8 Å². The molecule has 5 heterocycles. The van der Waals surface area contributed by atoms with Crippen LogP contribution in [0.5, 0.6) is 11.6 Å². The Morgan fingerprint density at radius 2 is 1.66 bits per heavy atom. The van der Waals surface area contributed by atoms with E-state index < -0.39 is 41.7 Å². The monoisotopic (exact) mass is 1120 g/mol. The van der Waals surface area contributed by atoms with Crippen molar-refractivity contribution < 1.29 is 66.4 Å². The second-order valence-electron chi connectivity index (χ2n) is 18.7. The molecule has 3 aromatic heterocycles. The van der Waals surface area contributed by atoms with E-state index >= 15 is 0 Å². The molecule has 2 unspecified atom stereocenters. The number of aromatic nitrogens is 3. The minimum Gasteiger partial charge on any atom is -0.473 e. The minimum atomic E-state index is -1.26. The normalized spacial score (nSPS) is 15.7. The first-order valence-corrected chi connectivity index (χ1v) is 27.3. The molecular weight excluding hydrogens is 1060 g/mol. The lowest BCUT2D eigenvalue weighted by atomic mass is 9.91. The molecule has 1 saturated heterocycles. The Hall–Kier alpha value is -7.14. The summed E-state index contributed by atoms with van der Waals surface area (Å²) in [4.78, 5) is 67.5. The van der Waals surface area contributed by atoms with Crippen LogP contribution in [0.2, 0.25) is 0 Å². The fourth-order valence-corrected chi connectivity index (χ4v) is 10.3. The van der Waals surface area contributed by atoms with Crippen molar-refractivity contribution in [3.63, 3.8) is 0 Å². The van der Waals surface area contributed by atoms with Crippen LogP contribution in [0.15, 0.2) is 88.3 Å². The number of likely N-dealkylation sites (tertiary alicyclic amines) is 1. The van der Waals surface area contributed by atoms with E-state index in [1.807, 2.05) is 50.5 Å². The molecule has 20 nitrogen and oxygen atoms in total. The number of hydrogen-bond acceptors (Lipinski definition) is 18.